The maximum Gasteiger partial charge on any atom is 0.288 e. The number of hydrogen-bond acceptors (Lipinski definition) is 6. The molecule has 29 heavy (non-hydrogen) atoms. The Hall–Kier alpha value is -3.95. The molecular formula is C19H14F2N6O2. The molecule has 3 heterocycles. The summed E-state index contributed by atoms with van der Waals surface area (Å²) >= 11 is 0. The number of benzene rings is 1. The number of hydrogen-bond donors (Lipinski definition) is 2. The molecule has 0 aliphatic heterocycles. The summed E-state index contributed by atoms with van der Waals surface area (Å²) in [6.07, 6.45) is 3.72. The summed E-state index contributed by atoms with van der Waals surface area (Å²) in [5.74, 6) is -0.890. The minimum absolute atomic E-state index is 0.0421. The van der Waals surface area contributed by atoms with Gasteiger partial charge in [0.05, 0.1) is 17.2 Å². The van der Waals surface area contributed by atoms with Gasteiger partial charge >= 0.3 is 0 Å². The quantitative estimate of drug-likeness (QED) is 0.383. The molecule has 10 heteroatoms. The fourth-order valence-electron chi connectivity index (χ4n) is 2.92. The van der Waals surface area contributed by atoms with E-state index in [1.54, 1.807) is 25.3 Å². The molecule has 0 radical (unpaired) electrons. The van der Waals surface area contributed by atoms with Crippen LogP contribution >= 0.6 is 0 Å². The Bertz CT molecular complexity index is 1210. The third-order valence-electron chi connectivity index (χ3n) is 4.44. The molecule has 1 atom stereocenters. The first-order chi connectivity index (χ1) is 13.9. The molecule has 0 fully saturated rings. The summed E-state index contributed by atoms with van der Waals surface area (Å²) in [6.45, 7) is 1.79. The van der Waals surface area contributed by atoms with Crippen LogP contribution in [0.25, 0.3) is 22.4 Å². The van der Waals surface area contributed by atoms with Gasteiger partial charge in [0.15, 0.2) is 17.5 Å². The van der Waals surface area contributed by atoms with Crippen LogP contribution in [0.4, 0.5) is 20.3 Å². The molecule has 0 spiro atoms. The maximum atomic E-state index is 14.3. The smallest absolute Gasteiger partial charge is 0.288 e. The highest BCUT2D eigenvalue weighted by Gasteiger charge is 2.17. The highest BCUT2D eigenvalue weighted by atomic mass is 19.1. The number of halogens is 2. The fraction of sp³-hybridized carbons (Fsp3) is 0.105. The first kappa shape index (κ1) is 18.4. The fourth-order valence-corrected chi connectivity index (χ4v) is 2.92. The third-order valence-corrected chi connectivity index (χ3v) is 4.44. The Morgan fingerprint density at radius 3 is 2.66 bits per heavy atom. The van der Waals surface area contributed by atoms with Crippen LogP contribution in [0.15, 0.2) is 48.9 Å². The van der Waals surface area contributed by atoms with Crippen molar-refractivity contribution in [3.8, 4) is 11.4 Å². The van der Waals surface area contributed by atoms with Crippen molar-refractivity contribution in [1.29, 1.82) is 0 Å². The van der Waals surface area contributed by atoms with Crippen molar-refractivity contribution in [3.63, 3.8) is 0 Å². The van der Waals surface area contributed by atoms with Crippen LogP contribution in [-0.4, -0.2) is 24.9 Å². The molecule has 0 aliphatic rings. The van der Waals surface area contributed by atoms with Gasteiger partial charge in [0.25, 0.3) is 5.69 Å². The summed E-state index contributed by atoms with van der Waals surface area (Å²) in [7, 11) is 0. The molecule has 4 aromatic rings. The lowest BCUT2D eigenvalue weighted by molar-refractivity contribution is -0.385. The second-order valence-corrected chi connectivity index (χ2v) is 6.36. The van der Waals surface area contributed by atoms with E-state index in [4.69, 9.17) is 0 Å². The zero-order valence-electron chi connectivity index (χ0n) is 15.1. The van der Waals surface area contributed by atoms with E-state index in [9.17, 15) is 18.9 Å². The van der Waals surface area contributed by atoms with Crippen LogP contribution in [0.5, 0.6) is 0 Å². The average molecular weight is 396 g/mol. The number of H-pyrrole nitrogens is 1. The van der Waals surface area contributed by atoms with Crippen molar-refractivity contribution in [2.75, 3.05) is 5.32 Å². The molecule has 8 nitrogen and oxygen atoms in total. The highest BCUT2D eigenvalue weighted by molar-refractivity contribution is 5.92. The monoisotopic (exact) mass is 396 g/mol. The van der Waals surface area contributed by atoms with Crippen molar-refractivity contribution in [2.24, 2.45) is 0 Å². The first-order valence-corrected chi connectivity index (χ1v) is 8.59. The van der Waals surface area contributed by atoms with Gasteiger partial charge in [-0.05, 0) is 24.6 Å². The predicted molar refractivity (Wildman–Crippen MR) is 102 cm³/mol. The van der Waals surface area contributed by atoms with Crippen molar-refractivity contribution in [1.82, 2.24) is 19.9 Å². The Balaban J connectivity index is 1.70. The maximum absolute atomic E-state index is 14.3. The Morgan fingerprint density at radius 1 is 1.17 bits per heavy atom. The van der Waals surface area contributed by atoms with Gasteiger partial charge in [-0.1, -0.05) is 12.1 Å². The molecule has 0 bridgehead atoms. The second kappa shape index (κ2) is 7.23. The number of fused-ring (bicyclic) bond motifs is 1. The number of rotatable bonds is 5. The minimum atomic E-state index is -0.661. The van der Waals surface area contributed by atoms with E-state index in [2.05, 4.69) is 25.3 Å². The Morgan fingerprint density at radius 2 is 1.93 bits per heavy atom. The average Bonchev–Trinajstić information content (AvgIpc) is 3.13. The van der Waals surface area contributed by atoms with Crippen LogP contribution in [0.3, 0.4) is 0 Å². The van der Waals surface area contributed by atoms with E-state index in [0.717, 1.165) is 18.0 Å². The lowest BCUT2D eigenvalue weighted by Gasteiger charge is -2.15. The standard InChI is InChI=1S/C19H14F2N6O2/c1-10(11-2-4-12(20)5-3-11)25-19-16(21)9-24-18(26-19)15-8-23-17-14(15)6-13(7-22-17)27(28)29/h2-10H,1H3,(H,22,23)(H,24,25,26)/t10-/m0/s1. The summed E-state index contributed by atoms with van der Waals surface area (Å²) < 4.78 is 27.4. The minimum Gasteiger partial charge on any atom is -0.361 e. The molecule has 0 amide bonds. The van der Waals surface area contributed by atoms with E-state index in [1.165, 1.54) is 18.2 Å². The van der Waals surface area contributed by atoms with Crippen LogP contribution in [0.2, 0.25) is 0 Å². The number of nitrogens with one attached hydrogen (secondary N) is 2. The first-order valence-electron chi connectivity index (χ1n) is 8.59. The molecule has 3 aromatic heterocycles. The third kappa shape index (κ3) is 3.59. The van der Waals surface area contributed by atoms with Gasteiger partial charge in [-0.25, -0.2) is 23.7 Å². The van der Waals surface area contributed by atoms with E-state index in [-0.39, 0.29) is 29.2 Å². The molecule has 0 unspecified atom stereocenters. The van der Waals surface area contributed by atoms with Crippen molar-refractivity contribution >= 4 is 22.5 Å². The normalized spacial score (nSPS) is 12.1. The molecule has 4 rings (SSSR count). The van der Waals surface area contributed by atoms with Crippen LogP contribution < -0.4 is 5.32 Å². The van der Waals surface area contributed by atoms with Gasteiger partial charge in [-0.3, -0.25) is 10.1 Å². The second-order valence-electron chi connectivity index (χ2n) is 6.36. The number of anilines is 1. The number of aromatic nitrogens is 4. The van der Waals surface area contributed by atoms with Gasteiger partial charge in [-0.2, -0.15) is 0 Å². The van der Waals surface area contributed by atoms with Crippen molar-refractivity contribution in [2.45, 2.75) is 13.0 Å². The molecule has 0 aliphatic carbocycles. The van der Waals surface area contributed by atoms with Crippen molar-refractivity contribution in [3.05, 3.63) is 76.2 Å². The van der Waals surface area contributed by atoms with Gasteiger partial charge < -0.3 is 10.3 Å². The van der Waals surface area contributed by atoms with E-state index in [0.29, 0.717) is 16.6 Å². The highest BCUT2D eigenvalue weighted by Crippen LogP contribution is 2.29. The zero-order chi connectivity index (χ0) is 20.5. The Kier molecular flexibility index (Phi) is 4.59. The summed E-state index contributed by atoms with van der Waals surface area (Å²) in [5, 5.41) is 14.4. The molecule has 1 aromatic carbocycles. The van der Waals surface area contributed by atoms with Gasteiger partial charge in [0, 0.05) is 23.2 Å². The van der Waals surface area contributed by atoms with Crippen LogP contribution in [0.1, 0.15) is 18.5 Å². The largest absolute Gasteiger partial charge is 0.361 e. The topological polar surface area (TPSA) is 110 Å². The molecule has 146 valence electrons. The van der Waals surface area contributed by atoms with Crippen LogP contribution in [-0.2, 0) is 0 Å². The predicted octanol–water partition coefficient (Wildman–Crippen LogP) is 4.38. The summed E-state index contributed by atoms with van der Waals surface area (Å²) in [4.78, 5) is 25.6. The van der Waals surface area contributed by atoms with Gasteiger partial charge in [0.1, 0.15) is 17.7 Å². The molecule has 2 N–H and O–H groups in total. The van der Waals surface area contributed by atoms with E-state index < -0.39 is 10.7 Å². The molecular weight excluding hydrogens is 382 g/mol. The lowest BCUT2D eigenvalue weighted by Crippen LogP contribution is -2.10. The van der Waals surface area contributed by atoms with Crippen molar-refractivity contribution < 1.29 is 13.7 Å². The van der Waals surface area contributed by atoms with Gasteiger partial charge in [0.2, 0.25) is 0 Å². The van der Waals surface area contributed by atoms with Gasteiger partial charge in [-0.15, -0.1) is 0 Å². The summed E-state index contributed by atoms with van der Waals surface area (Å²) in [5.41, 5.74) is 1.45. The van der Waals surface area contributed by atoms with E-state index in [1.807, 2.05) is 0 Å². The Labute approximate surface area is 162 Å². The number of nitrogens with zero attached hydrogens (tertiary/aromatic N) is 4. The summed E-state index contributed by atoms with van der Waals surface area (Å²) in [6, 6.07) is 6.84. The van der Waals surface area contributed by atoms with Crippen LogP contribution in [0, 0.1) is 21.7 Å². The number of nitro groups is 1. The number of aromatic amines is 1. The van der Waals surface area contributed by atoms with E-state index >= 15 is 0 Å². The molecule has 0 saturated carbocycles. The lowest BCUT2D eigenvalue weighted by atomic mass is 10.1. The SMILES string of the molecule is C[C@H](Nc1nc(-c2c[nH]c3ncc([N+](=O)[O-])cc23)ncc1F)c1ccc(F)cc1. The zero-order valence-corrected chi connectivity index (χ0v) is 15.1. The number of pyridine rings is 1. The molecule has 0 saturated heterocycles.